The van der Waals surface area contributed by atoms with Crippen LogP contribution >= 0.6 is 0 Å². The van der Waals surface area contributed by atoms with Crippen molar-refractivity contribution in [3.63, 3.8) is 0 Å². The van der Waals surface area contributed by atoms with E-state index < -0.39 is 17.9 Å². The van der Waals surface area contributed by atoms with Gasteiger partial charge in [0.1, 0.15) is 6.29 Å². The van der Waals surface area contributed by atoms with Crippen LogP contribution in [0.5, 0.6) is 0 Å². The van der Waals surface area contributed by atoms with Gasteiger partial charge in [-0.05, 0) is 6.42 Å². The maximum Gasteiger partial charge on any atom is 0.305 e. The molecule has 0 aliphatic carbocycles. The number of ether oxygens (including phenoxy) is 1. The van der Waals surface area contributed by atoms with Crippen molar-refractivity contribution >= 4 is 24.6 Å². The van der Waals surface area contributed by atoms with Crippen molar-refractivity contribution in [2.24, 2.45) is 0 Å². The van der Waals surface area contributed by atoms with Gasteiger partial charge in [0, 0.05) is 6.42 Å². The normalized spacial score (nSPS) is 11.1. The van der Waals surface area contributed by atoms with E-state index in [4.69, 9.17) is 0 Å². The molecule has 0 bridgehead atoms. The Hall–Kier alpha value is -1.92. The van der Waals surface area contributed by atoms with E-state index in [0.717, 1.165) is 0 Å². The van der Waals surface area contributed by atoms with E-state index in [-0.39, 0.29) is 19.4 Å². The average molecular weight is 230 g/mol. The number of hydrogen-bond acceptors (Lipinski definition) is 5. The summed E-state index contributed by atoms with van der Waals surface area (Å²) in [6.45, 7) is -0.202. The van der Waals surface area contributed by atoms with Crippen molar-refractivity contribution in [3.8, 4) is 0 Å². The summed E-state index contributed by atoms with van der Waals surface area (Å²) in [6.07, 6.45) is 1.12. The molecule has 7 nitrogen and oxygen atoms in total. The van der Waals surface area contributed by atoms with Gasteiger partial charge in [0.2, 0.25) is 12.3 Å². The number of amides is 2. The van der Waals surface area contributed by atoms with Crippen LogP contribution in [0.25, 0.3) is 0 Å². The average Bonchev–Trinajstić information content (AvgIpc) is 2.31. The Balaban J connectivity index is 3.90. The second-order valence-electron chi connectivity index (χ2n) is 2.92. The minimum Gasteiger partial charge on any atom is -0.469 e. The summed E-state index contributed by atoms with van der Waals surface area (Å²) in [5.74, 6) is -0.943. The first kappa shape index (κ1) is 14.1. The van der Waals surface area contributed by atoms with Crippen LogP contribution in [0.15, 0.2) is 0 Å². The number of nitrogens with one attached hydrogen (secondary N) is 2. The molecule has 2 amide bonds. The van der Waals surface area contributed by atoms with Gasteiger partial charge in [0.15, 0.2) is 0 Å². The van der Waals surface area contributed by atoms with E-state index in [2.05, 4.69) is 15.4 Å². The molecule has 0 heterocycles. The van der Waals surface area contributed by atoms with Crippen LogP contribution in [0, 0.1) is 0 Å². The lowest BCUT2D eigenvalue weighted by molar-refractivity contribution is -0.141. The zero-order valence-electron chi connectivity index (χ0n) is 8.89. The Morgan fingerprint density at radius 1 is 1.38 bits per heavy atom. The van der Waals surface area contributed by atoms with E-state index in [0.29, 0.717) is 12.7 Å². The van der Waals surface area contributed by atoms with Gasteiger partial charge in [-0.25, -0.2) is 0 Å². The molecule has 0 spiro atoms. The van der Waals surface area contributed by atoms with Crippen molar-refractivity contribution < 1.29 is 23.9 Å². The first-order valence-corrected chi connectivity index (χ1v) is 4.62. The molecule has 7 heteroatoms. The largest absolute Gasteiger partial charge is 0.469 e. The quantitative estimate of drug-likeness (QED) is 0.385. The molecule has 2 N–H and O–H groups in total. The fourth-order valence-electron chi connectivity index (χ4n) is 0.942. The van der Waals surface area contributed by atoms with Gasteiger partial charge in [-0.3, -0.25) is 14.4 Å². The first-order valence-electron chi connectivity index (χ1n) is 4.62. The number of aldehydes is 1. The van der Waals surface area contributed by atoms with Gasteiger partial charge in [-0.15, -0.1) is 0 Å². The maximum atomic E-state index is 11.1. The van der Waals surface area contributed by atoms with Crippen molar-refractivity contribution in [3.05, 3.63) is 0 Å². The van der Waals surface area contributed by atoms with E-state index >= 15 is 0 Å². The maximum absolute atomic E-state index is 11.1. The van der Waals surface area contributed by atoms with E-state index in [9.17, 15) is 19.2 Å². The molecule has 1 unspecified atom stereocenters. The zero-order valence-corrected chi connectivity index (χ0v) is 8.89. The summed E-state index contributed by atoms with van der Waals surface area (Å²) in [5, 5.41) is 4.50. The predicted molar refractivity (Wildman–Crippen MR) is 53.3 cm³/mol. The van der Waals surface area contributed by atoms with Crippen LogP contribution in [0.1, 0.15) is 12.8 Å². The molecule has 0 rings (SSSR count). The summed E-state index contributed by atoms with van der Waals surface area (Å²) in [6, 6.07) is -0.750. The van der Waals surface area contributed by atoms with Crippen LogP contribution in [-0.4, -0.2) is 44.3 Å². The van der Waals surface area contributed by atoms with Crippen LogP contribution < -0.4 is 10.6 Å². The molecule has 0 saturated heterocycles. The minimum absolute atomic E-state index is 0.0430. The number of carbonyl (C=O) groups is 4. The van der Waals surface area contributed by atoms with Gasteiger partial charge in [0.25, 0.3) is 0 Å². The monoisotopic (exact) mass is 230 g/mol. The third kappa shape index (κ3) is 6.52. The van der Waals surface area contributed by atoms with Crippen molar-refractivity contribution in [2.45, 2.75) is 18.9 Å². The third-order valence-electron chi connectivity index (χ3n) is 1.74. The van der Waals surface area contributed by atoms with Crippen LogP contribution in [0.3, 0.4) is 0 Å². The summed E-state index contributed by atoms with van der Waals surface area (Å²) in [4.78, 5) is 42.3. The van der Waals surface area contributed by atoms with Crippen LogP contribution in [-0.2, 0) is 23.9 Å². The highest BCUT2D eigenvalue weighted by Gasteiger charge is 2.12. The molecule has 0 fully saturated rings. The predicted octanol–water partition coefficient (Wildman–Crippen LogP) is -1.63. The van der Waals surface area contributed by atoms with Gasteiger partial charge >= 0.3 is 5.97 Å². The van der Waals surface area contributed by atoms with E-state index in [1.54, 1.807) is 0 Å². The molecule has 1 atom stereocenters. The highest BCUT2D eigenvalue weighted by molar-refractivity contribution is 5.82. The number of rotatable bonds is 8. The van der Waals surface area contributed by atoms with E-state index in [1.165, 1.54) is 7.11 Å². The Morgan fingerprint density at radius 3 is 2.56 bits per heavy atom. The molecule has 0 aliphatic rings. The molecule has 16 heavy (non-hydrogen) atoms. The fraction of sp³-hybridized carbons (Fsp3) is 0.556. The molecular weight excluding hydrogens is 216 g/mol. The number of esters is 1. The lowest BCUT2D eigenvalue weighted by Gasteiger charge is -2.11. The Morgan fingerprint density at radius 2 is 2.06 bits per heavy atom. The highest BCUT2D eigenvalue weighted by Crippen LogP contribution is 1.96. The summed E-state index contributed by atoms with van der Waals surface area (Å²) in [7, 11) is 1.24. The van der Waals surface area contributed by atoms with E-state index in [1.807, 2.05) is 0 Å². The highest BCUT2D eigenvalue weighted by atomic mass is 16.5. The molecular formula is C9H14N2O5. The second kappa shape index (κ2) is 8.39. The fourth-order valence-corrected chi connectivity index (χ4v) is 0.942. The van der Waals surface area contributed by atoms with Crippen molar-refractivity contribution in [2.75, 3.05) is 13.7 Å². The third-order valence-corrected chi connectivity index (χ3v) is 1.74. The zero-order chi connectivity index (χ0) is 12.4. The van der Waals surface area contributed by atoms with Gasteiger partial charge in [-0.2, -0.15) is 0 Å². The molecule has 0 aliphatic heterocycles. The van der Waals surface area contributed by atoms with Crippen LogP contribution in [0.2, 0.25) is 0 Å². The summed E-state index contributed by atoms with van der Waals surface area (Å²) >= 11 is 0. The van der Waals surface area contributed by atoms with Crippen molar-refractivity contribution in [1.29, 1.82) is 0 Å². The molecule has 90 valence electrons. The molecule has 0 aromatic carbocycles. The second-order valence-corrected chi connectivity index (χ2v) is 2.92. The SMILES string of the molecule is COC(=O)CCC(C=O)NC(=O)CNC=O. The van der Waals surface area contributed by atoms with Crippen molar-refractivity contribution in [1.82, 2.24) is 10.6 Å². The summed E-state index contributed by atoms with van der Waals surface area (Å²) in [5.41, 5.74) is 0. The number of methoxy groups -OCH3 is 1. The Kier molecular flexibility index (Phi) is 7.39. The minimum atomic E-state index is -0.750. The topological polar surface area (TPSA) is 102 Å². The molecule has 0 aromatic heterocycles. The number of hydrogen-bond donors (Lipinski definition) is 2. The standard InChI is InChI=1S/C9H14N2O5/c1-16-9(15)3-2-7(5-12)11-8(14)4-10-6-13/h5-7H,2-4H2,1H3,(H,10,13)(H,11,14). The van der Waals surface area contributed by atoms with Gasteiger partial charge in [0.05, 0.1) is 19.7 Å². The lowest BCUT2D eigenvalue weighted by Crippen LogP contribution is -2.41. The Labute approximate surface area is 92.5 Å². The molecule has 0 aromatic rings. The van der Waals surface area contributed by atoms with Gasteiger partial charge < -0.3 is 20.2 Å². The molecule has 0 saturated carbocycles. The Bertz CT molecular complexity index is 267. The van der Waals surface area contributed by atoms with Gasteiger partial charge in [-0.1, -0.05) is 0 Å². The van der Waals surface area contributed by atoms with Crippen LogP contribution in [0.4, 0.5) is 0 Å². The summed E-state index contributed by atoms with van der Waals surface area (Å²) < 4.78 is 4.39. The first-order chi connectivity index (χ1) is 7.63. The molecule has 0 radical (unpaired) electrons. The lowest BCUT2D eigenvalue weighted by atomic mass is 10.2. The smallest absolute Gasteiger partial charge is 0.305 e. The number of carbonyl (C=O) groups excluding carboxylic acids is 4.